The molecule has 0 heterocycles. The monoisotopic (exact) mass is 996 g/mol. The molecule has 0 aromatic carbocycles. The summed E-state index contributed by atoms with van der Waals surface area (Å²) in [7, 11) is 13.0. The molecule has 0 saturated carbocycles. The summed E-state index contributed by atoms with van der Waals surface area (Å²) in [4.78, 5) is 170. The van der Waals surface area contributed by atoms with Crippen molar-refractivity contribution in [2.45, 2.75) is 0 Å². The van der Waals surface area contributed by atoms with Crippen LogP contribution < -0.4 is 10.6 Å². The zero-order valence-corrected chi connectivity index (χ0v) is 38.7. The van der Waals surface area contributed by atoms with Gasteiger partial charge in [0.2, 0.25) is 65.0 Å². The number of carbonyl (C=O) groups is 13. The molecule has 0 unspecified atom stereocenters. The molecule has 3 N–H and O–H groups in total. The van der Waals surface area contributed by atoms with E-state index in [9.17, 15) is 62.3 Å². The molecule has 0 spiro atoms. The molecule has 62 heavy (non-hydrogen) atoms. The van der Waals surface area contributed by atoms with E-state index in [4.69, 9.17) is 5.11 Å². The SMILES string of the molecule is CN(CC(=O)O)C(=O)CN(C)C(=O)CN(C)C(=O)CN(C)C(=O)CN(C)C(=O)CN(C)C(=O)CN(C)C(=O)CN(C)C(=O)CN(C)C(=O)CN(C)C(=O)CNC(=O)CNC(=O)I. The van der Waals surface area contributed by atoms with Crippen LogP contribution in [0.2, 0.25) is 0 Å². The largest absolute Gasteiger partial charge is 0.480 e. The van der Waals surface area contributed by atoms with Gasteiger partial charge in [-0.1, -0.05) is 0 Å². The maximum Gasteiger partial charge on any atom is 0.323 e. The van der Waals surface area contributed by atoms with Gasteiger partial charge >= 0.3 is 5.97 Å². The number of halogens is 1. The normalized spacial score (nSPS) is 10.2. The quantitative estimate of drug-likeness (QED) is 0.0461. The highest BCUT2D eigenvalue weighted by molar-refractivity contribution is 14.1. The Morgan fingerprint density at radius 2 is 0.516 bits per heavy atom. The number of amides is 12. The number of aliphatic carboxylic acids is 1. The van der Waals surface area contributed by atoms with E-state index in [1.165, 1.54) is 93.1 Å². The molecule has 0 aliphatic rings. The summed E-state index contributed by atoms with van der Waals surface area (Å²) in [5.74, 6) is -8.19. The molecule has 0 bridgehead atoms. The van der Waals surface area contributed by atoms with Crippen molar-refractivity contribution in [3.63, 3.8) is 0 Å². The lowest BCUT2D eigenvalue weighted by Crippen LogP contribution is -2.49. The van der Waals surface area contributed by atoms with E-state index in [0.717, 1.165) is 49.0 Å². The van der Waals surface area contributed by atoms with E-state index in [1.807, 2.05) is 0 Å². The molecule has 26 nitrogen and oxygen atoms in total. The fourth-order valence-corrected chi connectivity index (χ4v) is 4.71. The van der Waals surface area contributed by atoms with Crippen molar-refractivity contribution in [3.05, 3.63) is 0 Å². The van der Waals surface area contributed by atoms with Gasteiger partial charge in [-0.2, -0.15) is 0 Å². The van der Waals surface area contributed by atoms with Crippen molar-refractivity contribution in [1.82, 2.24) is 59.6 Å². The van der Waals surface area contributed by atoms with Crippen LogP contribution >= 0.6 is 22.6 Å². The fourth-order valence-electron chi connectivity index (χ4n) is 4.52. The summed E-state index contributed by atoms with van der Waals surface area (Å²) in [6.07, 6.45) is 0. The highest BCUT2D eigenvalue weighted by Crippen LogP contribution is 2.01. The number of carboxylic acid groups (broad SMARTS) is 1. The third-order valence-corrected chi connectivity index (χ3v) is 9.19. The summed E-state index contributed by atoms with van der Waals surface area (Å²) in [6, 6.07) is 0. The second kappa shape index (κ2) is 26.9. The van der Waals surface area contributed by atoms with Gasteiger partial charge in [0, 0.05) is 93.1 Å². The number of rotatable bonds is 24. The van der Waals surface area contributed by atoms with Crippen molar-refractivity contribution >= 4 is 97.5 Å². The molecule has 348 valence electrons. The first kappa shape index (κ1) is 55.8. The van der Waals surface area contributed by atoms with Gasteiger partial charge < -0.3 is 64.7 Å². The third-order valence-electron chi connectivity index (χ3n) is 8.81. The Kier molecular flexibility index (Phi) is 24.2. The third kappa shape index (κ3) is 21.4. The molecule has 0 aromatic rings. The predicted molar refractivity (Wildman–Crippen MR) is 224 cm³/mol. The van der Waals surface area contributed by atoms with Gasteiger partial charge in [0.15, 0.2) is 0 Å². The van der Waals surface area contributed by atoms with Gasteiger partial charge in [0.25, 0.3) is 3.91 Å². The van der Waals surface area contributed by atoms with Gasteiger partial charge in [0.05, 0.1) is 72.0 Å². The second-order valence-electron chi connectivity index (χ2n) is 14.3. The fraction of sp³-hybridized carbons (Fsp3) is 0.629. The predicted octanol–water partition coefficient (Wildman–Crippen LogP) is -6.08. The van der Waals surface area contributed by atoms with Gasteiger partial charge in [-0.05, 0) is 0 Å². The van der Waals surface area contributed by atoms with Crippen LogP contribution in [-0.4, -0.2) is 278 Å². The molecule has 0 atom stereocenters. The molecule has 0 aromatic heterocycles. The summed E-state index contributed by atoms with van der Waals surface area (Å²) in [6.45, 7) is -5.43. The molecule has 0 radical (unpaired) electrons. The lowest BCUT2D eigenvalue weighted by atomic mass is 10.3. The topological polar surface area (TPSA) is 299 Å². The molecule has 0 aliphatic heterocycles. The Hall–Kier alpha value is -6.16. The minimum Gasteiger partial charge on any atom is -0.480 e. The van der Waals surface area contributed by atoms with Crippen LogP contribution in [0.5, 0.6) is 0 Å². The van der Waals surface area contributed by atoms with Crippen molar-refractivity contribution < 1.29 is 67.4 Å². The lowest BCUT2D eigenvalue weighted by Gasteiger charge is -2.27. The zero-order valence-electron chi connectivity index (χ0n) is 36.6. The van der Waals surface area contributed by atoms with Crippen LogP contribution in [0.1, 0.15) is 0 Å². The van der Waals surface area contributed by atoms with Crippen LogP contribution in [0.3, 0.4) is 0 Å². The molecule has 0 saturated heterocycles. The van der Waals surface area contributed by atoms with Crippen molar-refractivity contribution in [3.8, 4) is 0 Å². The minimum absolute atomic E-state index is 0.333. The number of carbonyl (C=O) groups excluding carboxylic acids is 12. The summed E-state index contributed by atoms with van der Waals surface area (Å²) < 4.78 is -0.458. The van der Waals surface area contributed by atoms with E-state index in [-0.39, 0.29) is 6.54 Å². The standard InChI is InChI=1S/C35H57IN12O14/c1-39(24(50)12-37-23(49)11-38-35(36)62)13-25(51)40(2)14-26(52)41(3)15-27(53)42(4)16-28(54)43(5)17-29(55)44(6)18-30(56)45(7)19-31(57)46(8)20-32(58)47(9)21-33(59)48(10)22-34(60)61/h11-22H2,1-10H3,(H,37,49)(H,38,62)(H,60,61). The van der Waals surface area contributed by atoms with Crippen LogP contribution in [0.4, 0.5) is 4.79 Å². The van der Waals surface area contributed by atoms with Gasteiger partial charge in [-0.15, -0.1) is 0 Å². The highest BCUT2D eigenvalue weighted by atomic mass is 127. The number of hydrogen-bond donors (Lipinski definition) is 3. The first-order valence-corrected chi connectivity index (χ1v) is 19.5. The first-order valence-electron chi connectivity index (χ1n) is 18.4. The second-order valence-corrected chi connectivity index (χ2v) is 15.3. The smallest absolute Gasteiger partial charge is 0.323 e. The summed E-state index contributed by atoms with van der Waals surface area (Å²) >= 11 is 1.44. The Morgan fingerprint density at radius 3 is 0.710 bits per heavy atom. The van der Waals surface area contributed by atoms with E-state index in [1.54, 1.807) is 0 Å². The van der Waals surface area contributed by atoms with E-state index >= 15 is 0 Å². The maximum atomic E-state index is 12.9. The Bertz CT molecular complexity index is 1730. The molecule has 12 amide bonds. The molecule has 27 heteroatoms. The van der Waals surface area contributed by atoms with E-state index in [0.29, 0.717) is 0 Å². The maximum absolute atomic E-state index is 12.9. The van der Waals surface area contributed by atoms with Crippen LogP contribution in [-0.2, 0) is 57.5 Å². The lowest BCUT2D eigenvalue weighted by molar-refractivity contribution is -0.147. The summed E-state index contributed by atoms with van der Waals surface area (Å²) in [5, 5.41) is 13.4. The van der Waals surface area contributed by atoms with Gasteiger partial charge in [-0.25, -0.2) is 0 Å². The number of carboxylic acids is 1. The van der Waals surface area contributed by atoms with E-state index < -0.39 is 147 Å². The molecule has 0 rings (SSSR count). The van der Waals surface area contributed by atoms with Gasteiger partial charge in [0.1, 0.15) is 6.54 Å². The molecular weight excluding hydrogens is 939 g/mol. The van der Waals surface area contributed by atoms with Crippen molar-refractivity contribution in [2.24, 2.45) is 0 Å². The van der Waals surface area contributed by atoms with Crippen LogP contribution in [0.15, 0.2) is 0 Å². The summed E-state index contributed by atoms with van der Waals surface area (Å²) in [5.41, 5.74) is 0. The Labute approximate surface area is 372 Å². The van der Waals surface area contributed by atoms with Crippen molar-refractivity contribution in [2.75, 3.05) is 149 Å². The highest BCUT2D eigenvalue weighted by Gasteiger charge is 2.26. The average molecular weight is 997 g/mol. The van der Waals surface area contributed by atoms with Gasteiger partial charge in [-0.3, -0.25) is 62.3 Å². The molecule has 0 fully saturated rings. The average Bonchev–Trinajstić information content (AvgIpc) is 3.17. The van der Waals surface area contributed by atoms with Crippen LogP contribution in [0, 0.1) is 0 Å². The van der Waals surface area contributed by atoms with Crippen molar-refractivity contribution in [1.29, 1.82) is 0 Å². The molecule has 0 aliphatic carbocycles. The number of nitrogens with zero attached hydrogens (tertiary/aromatic N) is 10. The van der Waals surface area contributed by atoms with E-state index in [2.05, 4.69) is 10.6 Å². The molecular formula is C35H57IN12O14. The Balaban J connectivity index is 4.87. The van der Waals surface area contributed by atoms with Crippen LogP contribution in [0.25, 0.3) is 0 Å². The number of likely N-dealkylation sites (N-methyl/N-ethyl adjacent to an activating group) is 10. The number of nitrogens with one attached hydrogen (secondary N) is 2. The minimum atomic E-state index is -1.23. The first-order chi connectivity index (χ1) is 28.6. The number of hydrogen-bond acceptors (Lipinski definition) is 13. The Morgan fingerprint density at radius 1 is 0.323 bits per heavy atom. The zero-order chi connectivity index (χ0) is 48.2.